The van der Waals surface area contributed by atoms with Crippen LogP contribution in [0.15, 0.2) is 18.2 Å². The standard InChI is InChI=1S/C19H27N3O3S/c1-7-21(18(24)25-19(4,5)6)13-8-9-14(12(2)3)15(10-13)22-16(23)11-26-17(22)20/h8-10,12,20H,7,11H2,1-6H3. The first kappa shape index (κ1) is 20.3. The third-order valence-corrected chi connectivity index (χ3v) is 4.75. The first-order chi connectivity index (χ1) is 12.0. The number of benzene rings is 1. The molecule has 2 rings (SSSR count). The Morgan fingerprint density at radius 2 is 2.04 bits per heavy atom. The lowest BCUT2D eigenvalue weighted by molar-refractivity contribution is -0.115. The summed E-state index contributed by atoms with van der Waals surface area (Å²) in [5, 5.41) is 8.32. The Bertz CT molecular complexity index is 709. The van der Waals surface area contributed by atoms with Crippen LogP contribution in [0.25, 0.3) is 0 Å². The van der Waals surface area contributed by atoms with E-state index >= 15 is 0 Å². The average molecular weight is 378 g/mol. The molecular weight excluding hydrogens is 350 g/mol. The van der Waals surface area contributed by atoms with Gasteiger partial charge < -0.3 is 4.74 Å². The highest BCUT2D eigenvalue weighted by Gasteiger charge is 2.31. The Balaban J connectivity index is 2.47. The van der Waals surface area contributed by atoms with Crippen molar-refractivity contribution in [3.05, 3.63) is 23.8 Å². The summed E-state index contributed by atoms with van der Waals surface area (Å²) in [6.45, 7) is 11.9. The Morgan fingerprint density at radius 3 is 2.50 bits per heavy atom. The van der Waals surface area contributed by atoms with E-state index in [1.165, 1.54) is 21.6 Å². The van der Waals surface area contributed by atoms with Gasteiger partial charge in [0.2, 0.25) is 5.91 Å². The van der Waals surface area contributed by atoms with Crippen LogP contribution in [-0.4, -0.2) is 35.1 Å². The number of hydrogen-bond donors (Lipinski definition) is 1. The average Bonchev–Trinajstić information content (AvgIpc) is 2.84. The molecule has 1 aliphatic heterocycles. The second-order valence-electron chi connectivity index (χ2n) is 7.45. The van der Waals surface area contributed by atoms with Crippen molar-refractivity contribution in [3.8, 4) is 0 Å². The van der Waals surface area contributed by atoms with Gasteiger partial charge >= 0.3 is 6.09 Å². The van der Waals surface area contributed by atoms with Crippen LogP contribution in [0, 0.1) is 5.41 Å². The number of anilines is 2. The van der Waals surface area contributed by atoms with Crippen LogP contribution in [0.3, 0.4) is 0 Å². The van der Waals surface area contributed by atoms with Crippen molar-refractivity contribution < 1.29 is 14.3 Å². The van der Waals surface area contributed by atoms with Crippen LogP contribution in [0.2, 0.25) is 0 Å². The van der Waals surface area contributed by atoms with E-state index in [0.29, 0.717) is 17.9 Å². The number of ether oxygens (including phenoxy) is 1. The number of nitrogens with one attached hydrogen (secondary N) is 1. The van der Waals surface area contributed by atoms with Gasteiger partial charge in [0, 0.05) is 12.2 Å². The first-order valence-electron chi connectivity index (χ1n) is 8.74. The number of thioether (sulfide) groups is 1. The normalized spacial score (nSPS) is 15.0. The lowest BCUT2D eigenvalue weighted by Crippen LogP contribution is -2.37. The SMILES string of the molecule is CCN(C(=O)OC(C)(C)C)c1ccc(C(C)C)c(N2C(=N)SCC2=O)c1. The molecule has 0 saturated carbocycles. The summed E-state index contributed by atoms with van der Waals surface area (Å²) in [4.78, 5) is 27.8. The molecule has 1 N–H and O–H groups in total. The Morgan fingerprint density at radius 1 is 1.38 bits per heavy atom. The minimum absolute atomic E-state index is 0.112. The molecule has 0 aromatic heterocycles. The van der Waals surface area contributed by atoms with Crippen molar-refractivity contribution in [1.82, 2.24) is 0 Å². The fourth-order valence-electron chi connectivity index (χ4n) is 2.73. The number of rotatable bonds is 4. The minimum atomic E-state index is -0.588. The minimum Gasteiger partial charge on any atom is -0.443 e. The molecule has 1 fully saturated rings. The largest absolute Gasteiger partial charge is 0.443 e. The molecule has 0 atom stereocenters. The summed E-state index contributed by atoms with van der Waals surface area (Å²) in [6, 6.07) is 5.59. The summed E-state index contributed by atoms with van der Waals surface area (Å²) in [7, 11) is 0. The van der Waals surface area contributed by atoms with Crippen LogP contribution < -0.4 is 9.80 Å². The second kappa shape index (κ2) is 7.70. The van der Waals surface area contributed by atoms with Crippen LogP contribution >= 0.6 is 11.8 Å². The molecule has 26 heavy (non-hydrogen) atoms. The Labute approximate surface area is 159 Å². The van der Waals surface area contributed by atoms with Gasteiger partial charge in [-0.1, -0.05) is 31.7 Å². The number of amidine groups is 1. The molecule has 1 heterocycles. The number of carbonyl (C=O) groups excluding carboxylic acids is 2. The van der Waals surface area contributed by atoms with Crippen molar-refractivity contribution in [1.29, 1.82) is 5.41 Å². The fourth-order valence-corrected chi connectivity index (χ4v) is 3.45. The summed E-state index contributed by atoms with van der Waals surface area (Å²) in [5.74, 6) is 0.339. The number of carbonyl (C=O) groups is 2. The zero-order chi connectivity index (χ0) is 19.6. The number of amides is 2. The monoisotopic (exact) mass is 377 g/mol. The van der Waals surface area contributed by atoms with Crippen molar-refractivity contribution >= 4 is 40.3 Å². The topological polar surface area (TPSA) is 73.7 Å². The van der Waals surface area contributed by atoms with Gasteiger partial charge in [-0.25, -0.2) is 4.79 Å². The summed E-state index contributed by atoms with van der Waals surface area (Å²) < 4.78 is 5.49. The van der Waals surface area contributed by atoms with E-state index in [0.717, 1.165) is 5.56 Å². The lowest BCUT2D eigenvalue weighted by Gasteiger charge is -2.28. The second-order valence-corrected chi connectivity index (χ2v) is 8.41. The molecule has 1 saturated heterocycles. The molecule has 0 bridgehead atoms. The van der Waals surface area contributed by atoms with Gasteiger partial charge in [-0.05, 0) is 51.3 Å². The molecule has 0 radical (unpaired) electrons. The van der Waals surface area contributed by atoms with E-state index < -0.39 is 11.7 Å². The van der Waals surface area contributed by atoms with Crippen molar-refractivity contribution in [3.63, 3.8) is 0 Å². The molecule has 1 aromatic carbocycles. The van der Waals surface area contributed by atoms with Crippen LogP contribution in [0.4, 0.5) is 16.2 Å². The zero-order valence-electron chi connectivity index (χ0n) is 16.3. The number of hydrogen-bond acceptors (Lipinski definition) is 5. The first-order valence-corrected chi connectivity index (χ1v) is 9.72. The molecule has 7 heteroatoms. The van der Waals surface area contributed by atoms with Crippen molar-refractivity contribution in [2.45, 2.75) is 53.1 Å². The predicted molar refractivity (Wildman–Crippen MR) is 107 cm³/mol. The van der Waals surface area contributed by atoms with Crippen molar-refractivity contribution in [2.75, 3.05) is 22.1 Å². The van der Waals surface area contributed by atoms with Crippen molar-refractivity contribution in [2.24, 2.45) is 0 Å². The highest BCUT2D eigenvalue weighted by atomic mass is 32.2. The molecule has 6 nitrogen and oxygen atoms in total. The predicted octanol–water partition coefficient (Wildman–Crippen LogP) is 4.59. The quantitative estimate of drug-likeness (QED) is 0.833. The highest BCUT2D eigenvalue weighted by molar-refractivity contribution is 8.15. The van der Waals surface area contributed by atoms with Gasteiger partial charge in [0.15, 0.2) is 5.17 Å². The summed E-state index contributed by atoms with van der Waals surface area (Å²) in [6.07, 6.45) is -0.430. The highest BCUT2D eigenvalue weighted by Crippen LogP contribution is 2.36. The van der Waals surface area contributed by atoms with E-state index in [1.54, 1.807) is 6.07 Å². The number of nitrogens with zero attached hydrogens (tertiary/aromatic N) is 2. The van der Waals surface area contributed by atoms with Gasteiger partial charge in [0.1, 0.15) is 5.60 Å². The molecule has 0 aliphatic carbocycles. The molecule has 0 unspecified atom stereocenters. The van der Waals surface area contributed by atoms with Gasteiger partial charge in [0.25, 0.3) is 0 Å². The molecule has 0 spiro atoms. The Kier molecular flexibility index (Phi) is 6.01. The van der Waals surface area contributed by atoms with Gasteiger partial charge in [-0.15, -0.1) is 0 Å². The van der Waals surface area contributed by atoms with Crippen LogP contribution in [0.5, 0.6) is 0 Å². The van der Waals surface area contributed by atoms with Crippen LogP contribution in [-0.2, 0) is 9.53 Å². The Hall–Kier alpha value is -2.02. The van der Waals surface area contributed by atoms with E-state index in [1.807, 2.05) is 53.7 Å². The molecule has 142 valence electrons. The molecular formula is C19H27N3O3S. The lowest BCUT2D eigenvalue weighted by atomic mass is 9.99. The summed E-state index contributed by atoms with van der Waals surface area (Å²) in [5.41, 5.74) is 1.70. The van der Waals surface area contributed by atoms with E-state index in [-0.39, 0.29) is 22.7 Å². The maximum atomic E-state index is 12.5. The van der Waals surface area contributed by atoms with Gasteiger partial charge in [-0.3, -0.25) is 20.0 Å². The van der Waals surface area contributed by atoms with Gasteiger partial charge in [-0.2, -0.15) is 0 Å². The van der Waals surface area contributed by atoms with E-state index in [4.69, 9.17) is 10.1 Å². The molecule has 1 aromatic rings. The third kappa shape index (κ3) is 4.38. The zero-order valence-corrected chi connectivity index (χ0v) is 17.1. The molecule has 1 aliphatic rings. The van der Waals surface area contributed by atoms with E-state index in [9.17, 15) is 9.59 Å². The maximum Gasteiger partial charge on any atom is 0.414 e. The molecule has 2 amide bonds. The van der Waals surface area contributed by atoms with Crippen LogP contribution in [0.1, 0.15) is 53.0 Å². The maximum absolute atomic E-state index is 12.5. The summed E-state index contributed by atoms with van der Waals surface area (Å²) >= 11 is 1.22. The van der Waals surface area contributed by atoms with E-state index in [2.05, 4.69) is 0 Å². The van der Waals surface area contributed by atoms with Gasteiger partial charge in [0.05, 0.1) is 11.4 Å². The third-order valence-electron chi connectivity index (χ3n) is 3.90. The fraction of sp³-hybridized carbons (Fsp3) is 0.526. The smallest absolute Gasteiger partial charge is 0.414 e.